The Kier molecular flexibility index (Phi) is 4.41. The Labute approximate surface area is 175 Å². The number of hydrazone groups is 1. The molecule has 0 spiro atoms. The molecule has 0 saturated carbocycles. The number of fused-ring (bicyclic) bond motifs is 2. The Morgan fingerprint density at radius 3 is 2.43 bits per heavy atom. The van der Waals surface area contributed by atoms with Crippen molar-refractivity contribution >= 4 is 21.4 Å². The highest BCUT2D eigenvalue weighted by molar-refractivity contribution is 7.89. The summed E-state index contributed by atoms with van der Waals surface area (Å²) in [5.41, 5.74) is 2.40. The summed E-state index contributed by atoms with van der Waals surface area (Å²) in [6.45, 7) is 3.67. The second-order valence-corrected chi connectivity index (χ2v) is 9.96. The third-order valence-corrected chi connectivity index (χ3v) is 8.05. The molecule has 30 heavy (non-hydrogen) atoms. The Morgan fingerprint density at radius 1 is 1.07 bits per heavy atom. The van der Waals surface area contributed by atoms with Gasteiger partial charge in [0.15, 0.2) is 0 Å². The summed E-state index contributed by atoms with van der Waals surface area (Å²) in [4.78, 5) is 13.3. The number of hydrogen-bond acceptors (Lipinski definition) is 6. The molecule has 2 bridgehead atoms. The topological polar surface area (TPSA) is 96.1 Å². The lowest BCUT2D eigenvalue weighted by Gasteiger charge is -2.45. The number of sulfonamides is 1. The summed E-state index contributed by atoms with van der Waals surface area (Å²) in [5.74, 6) is 0.263. The van der Waals surface area contributed by atoms with Crippen LogP contribution in [0.3, 0.4) is 0 Å². The van der Waals surface area contributed by atoms with Crippen molar-refractivity contribution in [3.05, 3.63) is 69.8 Å². The van der Waals surface area contributed by atoms with E-state index in [1.165, 1.54) is 16.5 Å². The van der Waals surface area contributed by atoms with Crippen LogP contribution in [0.5, 0.6) is 0 Å². The van der Waals surface area contributed by atoms with Crippen LogP contribution in [0.15, 0.2) is 58.5 Å². The van der Waals surface area contributed by atoms with Gasteiger partial charge in [-0.1, -0.05) is 29.8 Å². The van der Waals surface area contributed by atoms with Gasteiger partial charge in [-0.25, -0.2) is 0 Å². The van der Waals surface area contributed by atoms with Crippen LogP contribution in [-0.2, 0) is 10.0 Å². The van der Waals surface area contributed by atoms with E-state index in [0.29, 0.717) is 5.56 Å². The zero-order valence-corrected chi connectivity index (χ0v) is 17.3. The number of rotatable bonds is 4. The minimum absolute atomic E-state index is 0.0513. The standard InChI is InChI=1S/C21H22N4O4S/c1-14-5-7-18(8-6-14)30(28,29)24-20(16-3-2-4-17(13-16)25(26)27)21-19(22-24)15-9-11-23(21)12-10-15/h2-8,13,15,20-21H,9-12H2,1H3/t20-,21+/m1/s1. The monoisotopic (exact) mass is 426 g/mol. The molecule has 6 rings (SSSR count). The van der Waals surface area contributed by atoms with Gasteiger partial charge < -0.3 is 0 Å². The van der Waals surface area contributed by atoms with Crippen molar-refractivity contribution in [1.29, 1.82) is 0 Å². The summed E-state index contributed by atoms with van der Waals surface area (Å²) >= 11 is 0. The van der Waals surface area contributed by atoms with Crippen LogP contribution in [0.25, 0.3) is 0 Å². The summed E-state index contributed by atoms with van der Waals surface area (Å²) < 4.78 is 28.4. The first-order valence-electron chi connectivity index (χ1n) is 10.0. The molecule has 2 aromatic rings. The number of hydrogen-bond donors (Lipinski definition) is 0. The van der Waals surface area contributed by atoms with E-state index in [4.69, 9.17) is 0 Å². The highest BCUT2D eigenvalue weighted by atomic mass is 32.2. The number of nitrogens with zero attached hydrogens (tertiary/aromatic N) is 4. The van der Waals surface area contributed by atoms with E-state index in [1.54, 1.807) is 36.4 Å². The van der Waals surface area contributed by atoms with Crippen molar-refractivity contribution < 1.29 is 13.3 Å². The van der Waals surface area contributed by atoms with Gasteiger partial charge in [-0.05, 0) is 50.6 Å². The SMILES string of the molecule is Cc1ccc(S(=O)(=O)N2N=C3C4CCN(CC4)[C@@H]3[C@H]2c2cccc([N+](=O)[O-])c2)cc1. The maximum absolute atomic E-state index is 13.6. The van der Waals surface area contributed by atoms with Crippen LogP contribution >= 0.6 is 0 Å². The van der Waals surface area contributed by atoms with Crippen LogP contribution in [0, 0.1) is 23.0 Å². The van der Waals surface area contributed by atoms with Gasteiger partial charge in [0.05, 0.1) is 21.6 Å². The first kappa shape index (κ1) is 19.2. The number of aryl methyl sites for hydroxylation is 1. The van der Waals surface area contributed by atoms with Crippen molar-refractivity contribution in [3.8, 4) is 0 Å². The average Bonchev–Trinajstić information content (AvgIpc) is 3.19. The van der Waals surface area contributed by atoms with E-state index in [0.717, 1.165) is 37.2 Å². The van der Waals surface area contributed by atoms with Crippen LogP contribution < -0.4 is 0 Å². The Hall–Kier alpha value is -2.78. The fourth-order valence-corrected chi connectivity index (χ4v) is 6.29. The molecule has 4 aliphatic heterocycles. The predicted molar refractivity (Wildman–Crippen MR) is 112 cm³/mol. The van der Waals surface area contributed by atoms with E-state index in [1.807, 2.05) is 6.92 Å². The molecule has 3 saturated heterocycles. The molecule has 2 aromatic carbocycles. The summed E-state index contributed by atoms with van der Waals surface area (Å²) in [6, 6.07) is 12.2. The van der Waals surface area contributed by atoms with Gasteiger partial charge in [-0.15, -0.1) is 0 Å². The first-order chi connectivity index (χ1) is 14.4. The summed E-state index contributed by atoms with van der Waals surface area (Å²) in [5, 5.41) is 16.0. The molecule has 3 fully saturated rings. The molecule has 4 heterocycles. The molecule has 0 aromatic heterocycles. The molecule has 4 aliphatic rings. The van der Waals surface area contributed by atoms with E-state index >= 15 is 0 Å². The summed E-state index contributed by atoms with van der Waals surface area (Å²) in [7, 11) is -3.91. The van der Waals surface area contributed by atoms with Gasteiger partial charge in [0.2, 0.25) is 0 Å². The maximum atomic E-state index is 13.6. The van der Waals surface area contributed by atoms with Crippen LogP contribution in [0.1, 0.15) is 30.0 Å². The molecule has 156 valence electrons. The van der Waals surface area contributed by atoms with Gasteiger partial charge >= 0.3 is 0 Å². The molecule has 9 heteroatoms. The van der Waals surface area contributed by atoms with Gasteiger partial charge in [0, 0.05) is 18.1 Å². The molecule has 0 unspecified atom stereocenters. The number of non-ortho nitro benzene ring substituents is 1. The molecule has 0 amide bonds. The van der Waals surface area contributed by atoms with Crippen molar-refractivity contribution in [1.82, 2.24) is 9.31 Å². The highest BCUT2D eigenvalue weighted by Crippen LogP contribution is 2.45. The lowest BCUT2D eigenvalue weighted by molar-refractivity contribution is -0.384. The van der Waals surface area contributed by atoms with Crippen molar-refractivity contribution in [2.45, 2.75) is 36.7 Å². The van der Waals surface area contributed by atoms with E-state index in [2.05, 4.69) is 10.0 Å². The average molecular weight is 426 g/mol. The van der Waals surface area contributed by atoms with Gasteiger partial charge in [-0.2, -0.15) is 17.9 Å². The molecule has 0 aliphatic carbocycles. The maximum Gasteiger partial charge on any atom is 0.279 e. The second kappa shape index (κ2) is 6.88. The smallest absolute Gasteiger partial charge is 0.279 e. The molecule has 0 N–H and O–H groups in total. The number of nitro groups is 1. The predicted octanol–water partition coefficient (Wildman–Crippen LogP) is 3.10. The number of piperidine rings is 3. The van der Waals surface area contributed by atoms with E-state index in [-0.39, 0.29) is 22.5 Å². The molecule has 8 nitrogen and oxygen atoms in total. The fourth-order valence-electron chi connectivity index (χ4n) is 4.85. The third-order valence-electron chi connectivity index (χ3n) is 6.38. The highest BCUT2D eigenvalue weighted by Gasteiger charge is 2.53. The molecular formula is C21H22N4O4S. The van der Waals surface area contributed by atoms with E-state index < -0.39 is 21.0 Å². The lowest BCUT2D eigenvalue weighted by Crippen LogP contribution is -2.56. The van der Waals surface area contributed by atoms with Crippen LogP contribution in [0.2, 0.25) is 0 Å². The minimum Gasteiger partial charge on any atom is -0.293 e. The van der Waals surface area contributed by atoms with Crippen LogP contribution in [-0.4, -0.2) is 47.5 Å². The van der Waals surface area contributed by atoms with Gasteiger partial charge in [0.1, 0.15) is 6.04 Å². The number of benzene rings is 2. The second-order valence-electron chi connectivity index (χ2n) is 8.17. The van der Waals surface area contributed by atoms with Crippen molar-refractivity contribution in [2.75, 3.05) is 13.1 Å². The Bertz CT molecular complexity index is 1140. The quantitative estimate of drug-likeness (QED) is 0.553. The molecule has 0 radical (unpaired) electrons. The normalized spacial score (nSPS) is 27.6. The van der Waals surface area contributed by atoms with Crippen LogP contribution in [0.4, 0.5) is 5.69 Å². The minimum atomic E-state index is -3.91. The Balaban J connectivity index is 1.65. The largest absolute Gasteiger partial charge is 0.293 e. The van der Waals surface area contributed by atoms with E-state index in [9.17, 15) is 18.5 Å². The number of nitro benzene ring substituents is 1. The summed E-state index contributed by atoms with van der Waals surface area (Å²) in [6.07, 6.45) is 1.94. The van der Waals surface area contributed by atoms with Gasteiger partial charge in [0.25, 0.3) is 15.7 Å². The zero-order chi connectivity index (χ0) is 21.0. The van der Waals surface area contributed by atoms with Crippen molar-refractivity contribution in [3.63, 3.8) is 0 Å². The third kappa shape index (κ3) is 2.92. The molecular weight excluding hydrogens is 404 g/mol. The van der Waals surface area contributed by atoms with Gasteiger partial charge in [-0.3, -0.25) is 15.0 Å². The fraction of sp³-hybridized carbons (Fsp3) is 0.381. The molecule has 2 atom stereocenters. The van der Waals surface area contributed by atoms with Crippen molar-refractivity contribution in [2.24, 2.45) is 11.0 Å². The zero-order valence-electron chi connectivity index (χ0n) is 16.5. The first-order valence-corrected chi connectivity index (χ1v) is 11.5. The lowest BCUT2D eigenvalue weighted by atomic mass is 9.78. The Morgan fingerprint density at radius 2 is 1.77 bits per heavy atom.